The van der Waals surface area contributed by atoms with E-state index in [0.717, 1.165) is 36.5 Å². The van der Waals surface area contributed by atoms with E-state index in [1.165, 1.54) is 16.2 Å². The van der Waals surface area contributed by atoms with Crippen molar-refractivity contribution in [1.29, 1.82) is 0 Å². The number of aromatic nitrogens is 3. The smallest absolute Gasteiger partial charge is 0.269 e. The van der Waals surface area contributed by atoms with Crippen LogP contribution in [0.4, 0.5) is 5.13 Å². The molecular formula is C17H18ClN5OS2. The lowest BCUT2D eigenvalue weighted by Crippen LogP contribution is -2.26. The Morgan fingerprint density at radius 2 is 1.88 bits per heavy atom. The van der Waals surface area contributed by atoms with Crippen LogP contribution >= 0.6 is 35.1 Å². The fourth-order valence-corrected chi connectivity index (χ4v) is 4.60. The normalized spacial score (nSPS) is 14.6. The number of nitrogens with zero attached hydrogens (tertiary/aromatic N) is 3. The molecule has 0 saturated carbocycles. The fourth-order valence-electron chi connectivity index (χ4n) is 2.81. The molecule has 9 heteroatoms. The van der Waals surface area contributed by atoms with Crippen LogP contribution in [-0.4, -0.2) is 33.9 Å². The SMILES string of the molecule is Cl.O=C(Nc1ncc(C2CCNCC2)s1)c1cnc(-c2ccncc2)s1. The fraction of sp³-hybridized carbons (Fsp3) is 0.294. The third-order valence-electron chi connectivity index (χ3n) is 4.14. The van der Waals surface area contributed by atoms with Crippen molar-refractivity contribution >= 4 is 46.1 Å². The van der Waals surface area contributed by atoms with Crippen LogP contribution in [0.5, 0.6) is 0 Å². The number of carbonyl (C=O) groups excluding carboxylic acids is 1. The van der Waals surface area contributed by atoms with E-state index >= 15 is 0 Å². The minimum Gasteiger partial charge on any atom is -0.317 e. The van der Waals surface area contributed by atoms with Crippen molar-refractivity contribution in [2.75, 3.05) is 18.4 Å². The summed E-state index contributed by atoms with van der Waals surface area (Å²) >= 11 is 2.94. The molecule has 26 heavy (non-hydrogen) atoms. The molecule has 136 valence electrons. The zero-order chi connectivity index (χ0) is 17.1. The number of pyridine rings is 1. The summed E-state index contributed by atoms with van der Waals surface area (Å²) in [4.78, 5) is 27.0. The van der Waals surface area contributed by atoms with E-state index in [0.29, 0.717) is 15.9 Å². The van der Waals surface area contributed by atoms with Gasteiger partial charge in [-0.2, -0.15) is 0 Å². The molecular weight excluding hydrogens is 390 g/mol. The number of amides is 1. The second-order valence-electron chi connectivity index (χ2n) is 5.81. The Kier molecular flexibility index (Phi) is 6.31. The molecule has 6 nitrogen and oxygen atoms in total. The average molecular weight is 408 g/mol. The predicted octanol–water partition coefficient (Wildman–Crippen LogP) is 3.80. The van der Waals surface area contributed by atoms with Gasteiger partial charge in [-0.1, -0.05) is 0 Å². The summed E-state index contributed by atoms with van der Waals surface area (Å²) in [6.07, 6.45) is 9.19. The highest BCUT2D eigenvalue weighted by Crippen LogP contribution is 2.32. The number of carbonyl (C=O) groups is 1. The summed E-state index contributed by atoms with van der Waals surface area (Å²) in [5, 5.41) is 7.72. The molecule has 0 unspecified atom stereocenters. The van der Waals surface area contributed by atoms with Gasteiger partial charge in [0.25, 0.3) is 5.91 Å². The van der Waals surface area contributed by atoms with Gasteiger partial charge in [0.1, 0.15) is 9.88 Å². The number of piperidine rings is 1. The molecule has 0 aliphatic carbocycles. The van der Waals surface area contributed by atoms with E-state index in [-0.39, 0.29) is 18.3 Å². The van der Waals surface area contributed by atoms with Gasteiger partial charge in [0.15, 0.2) is 5.13 Å². The first-order chi connectivity index (χ1) is 12.3. The maximum atomic E-state index is 12.4. The zero-order valence-electron chi connectivity index (χ0n) is 13.8. The number of nitrogens with one attached hydrogen (secondary N) is 2. The Balaban J connectivity index is 0.00000196. The highest BCUT2D eigenvalue weighted by atomic mass is 35.5. The minimum absolute atomic E-state index is 0. The quantitative estimate of drug-likeness (QED) is 0.687. The monoisotopic (exact) mass is 407 g/mol. The molecule has 4 rings (SSSR count). The Morgan fingerprint density at radius 1 is 1.12 bits per heavy atom. The number of halogens is 1. The number of thiazole rings is 2. The maximum absolute atomic E-state index is 12.4. The standard InChI is InChI=1S/C17H17N5OS2.ClH/c23-15(14-10-20-16(24-14)12-3-7-19-8-4-12)22-17-21-9-13(25-17)11-1-5-18-6-2-11;/h3-4,7-11,18H,1-2,5-6H2,(H,21,22,23);1H. The van der Waals surface area contributed by atoms with Crippen molar-refractivity contribution in [3.05, 3.63) is 46.7 Å². The Morgan fingerprint density at radius 3 is 2.65 bits per heavy atom. The molecule has 0 spiro atoms. The molecule has 0 atom stereocenters. The molecule has 2 N–H and O–H groups in total. The Labute approximate surface area is 165 Å². The predicted molar refractivity (Wildman–Crippen MR) is 108 cm³/mol. The van der Waals surface area contributed by atoms with Crippen LogP contribution in [0.1, 0.15) is 33.3 Å². The molecule has 0 aromatic carbocycles. The molecule has 1 aliphatic rings. The Hall–Kier alpha value is -1.87. The van der Waals surface area contributed by atoms with E-state index in [2.05, 4.69) is 25.6 Å². The molecule has 1 saturated heterocycles. The Bertz CT molecular complexity index is 861. The van der Waals surface area contributed by atoms with Crippen LogP contribution in [0.3, 0.4) is 0 Å². The molecule has 4 heterocycles. The van der Waals surface area contributed by atoms with E-state index in [9.17, 15) is 4.79 Å². The van der Waals surface area contributed by atoms with Gasteiger partial charge in [0, 0.05) is 29.0 Å². The van der Waals surface area contributed by atoms with E-state index in [4.69, 9.17) is 0 Å². The van der Waals surface area contributed by atoms with Crippen molar-refractivity contribution in [1.82, 2.24) is 20.3 Å². The van der Waals surface area contributed by atoms with E-state index < -0.39 is 0 Å². The summed E-state index contributed by atoms with van der Waals surface area (Å²) in [6.45, 7) is 2.09. The van der Waals surface area contributed by atoms with Crippen LogP contribution in [0.25, 0.3) is 10.6 Å². The number of hydrogen-bond donors (Lipinski definition) is 2. The number of anilines is 1. The summed E-state index contributed by atoms with van der Waals surface area (Å²) in [6, 6.07) is 3.76. The first kappa shape index (κ1) is 18.9. The van der Waals surface area contributed by atoms with Crippen molar-refractivity contribution < 1.29 is 4.79 Å². The maximum Gasteiger partial charge on any atom is 0.269 e. The van der Waals surface area contributed by atoms with Gasteiger partial charge in [0.05, 0.1) is 6.20 Å². The molecule has 1 amide bonds. The number of hydrogen-bond acceptors (Lipinski definition) is 7. The third kappa shape index (κ3) is 4.27. The zero-order valence-corrected chi connectivity index (χ0v) is 16.3. The van der Waals surface area contributed by atoms with Crippen molar-refractivity contribution in [3.8, 4) is 10.6 Å². The van der Waals surface area contributed by atoms with Gasteiger partial charge >= 0.3 is 0 Å². The first-order valence-corrected chi connectivity index (χ1v) is 9.77. The van der Waals surface area contributed by atoms with Crippen LogP contribution in [-0.2, 0) is 0 Å². The largest absolute Gasteiger partial charge is 0.317 e. The molecule has 0 radical (unpaired) electrons. The second kappa shape index (κ2) is 8.68. The number of rotatable bonds is 4. The van der Waals surface area contributed by atoms with Crippen LogP contribution < -0.4 is 10.6 Å². The molecule has 0 bridgehead atoms. The third-order valence-corrected chi connectivity index (χ3v) is 6.26. The summed E-state index contributed by atoms with van der Waals surface area (Å²) in [7, 11) is 0. The first-order valence-electron chi connectivity index (χ1n) is 8.13. The highest BCUT2D eigenvalue weighted by molar-refractivity contribution is 7.17. The minimum atomic E-state index is -0.163. The van der Waals surface area contributed by atoms with E-state index in [1.54, 1.807) is 29.9 Å². The molecule has 1 fully saturated rings. The van der Waals surface area contributed by atoms with Crippen molar-refractivity contribution in [3.63, 3.8) is 0 Å². The van der Waals surface area contributed by atoms with Gasteiger partial charge < -0.3 is 5.32 Å². The topological polar surface area (TPSA) is 79.8 Å². The van der Waals surface area contributed by atoms with Crippen LogP contribution in [0.15, 0.2) is 36.9 Å². The van der Waals surface area contributed by atoms with Gasteiger partial charge in [-0.3, -0.25) is 15.1 Å². The summed E-state index contributed by atoms with van der Waals surface area (Å²) in [5.41, 5.74) is 0.960. The van der Waals surface area contributed by atoms with E-state index in [1.807, 2.05) is 18.3 Å². The highest BCUT2D eigenvalue weighted by Gasteiger charge is 2.19. The van der Waals surface area contributed by atoms with Gasteiger partial charge in [-0.25, -0.2) is 9.97 Å². The molecule has 3 aromatic rings. The average Bonchev–Trinajstić information content (AvgIpc) is 3.33. The van der Waals surface area contributed by atoms with Crippen molar-refractivity contribution in [2.24, 2.45) is 0 Å². The lowest BCUT2D eigenvalue weighted by Gasteiger charge is -2.20. The molecule has 3 aromatic heterocycles. The lowest BCUT2D eigenvalue weighted by atomic mass is 9.97. The lowest BCUT2D eigenvalue weighted by molar-refractivity contribution is 0.103. The van der Waals surface area contributed by atoms with Gasteiger partial charge in [-0.15, -0.1) is 35.1 Å². The van der Waals surface area contributed by atoms with Crippen LogP contribution in [0, 0.1) is 0 Å². The summed E-state index contributed by atoms with van der Waals surface area (Å²) < 4.78 is 0. The molecule has 1 aliphatic heterocycles. The van der Waals surface area contributed by atoms with Crippen molar-refractivity contribution in [2.45, 2.75) is 18.8 Å². The van der Waals surface area contributed by atoms with Gasteiger partial charge in [-0.05, 0) is 44.0 Å². The van der Waals surface area contributed by atoms with Crippen LogP contribution in [0.2, 0.25) is 0 Å². The van der Waals surface area contributed by atoms with Gasteiger partial charge in [0.2, 0.25) is 0 Å². The summed E-state index contributed by atoms with van der Waals surface area (Å²) in [5.74, 6) is 0.384. The second-order valence-corrected chi connectivity index (χ2v) is 7.90.